The van der Waals surface area contributed by atoms with Crippen molar-refractivity contribution >= 4 is 11.6 Å². The summed E-state index contributed by atoms with van der Waals surface area (Å²) in [5.74, 6) is 0.0495. The van der Waals surface area contributed by atoms with Crippen LogP contribution in [0.25, 0.3) is 0 Å². The summed E-state index contributed by atoms with van der Waals surface area (Å²) < 4.78 is 13.3. The topological polar surface area (TPSA) is 41.9 Å². The summed E-state index contributed by atoms with van der Waals surface area (Å²) in [6, 6.07) is 6.31. The number of halogens is 1. The zero-order valence-electron chi connectivity index (χ0n) is 12.4. The van der Waals surface area contributed by atoms with Gasteiger partial charge >= 0.3 is 0 Å². The van der Waals surface area contributed by atoms with Gasteiger partial charge in [0.25, 0.3) is 0 Å². The molecule has 3 rings (SSSR count). The van der Waals surface area contributed by atoms with Crippen LogP contribution < -0.4 is 0 Å². The van der Waals surface area contributed by atoms with Crippen molar-refractivity contribution in [3.05, 3.63) is 48.3 Å². The minimum atomic E-state index is -0.291. The molecule has 0 bridgehead atoms. The van der Waals surface area contributed by atoms with Crippen LogP contribution in [-0.4, -0.2) is 35.7 Å². The van der Waals surface area contributed by atoms with Gasteiger partial charge in [-0.05, 0) is 25.0 Å². The minimum absolute atomic E-state index is 0.169. The molecule has 0 radical (unpaired) electrons. The summed E-state index contributed by atoms with van der Waals surface area (Å²) in [6.45, 7) is 4.71. The van der Waals surface area contributed by atoms with Gasteiger partial charge in [-0.25, -0.2) is 4.39 Å². The first kappa shape index (κ1) is 14.8. The summed E-state index contributed by atoms with van der Waals surface area (Å²) in [6.07, 6.45) is 4.07. The van der Waals surface area contributed by atoms with Crippen LogP contribution >= 0.6 is 0 Å². The number of benzene rings is 1. The van der Waals surface area contributed by atoms with E-state index in [2.05, 4.69) is 11.7 Å². The highest BCUT2D eigenvalue weighted by Crippen LogP contribution is 2.31. The summed E-state index contributed by atoms with van der Waals surface area (Å²) >= 11 is 0. The highest BCUT2D eigenvalue weighted by molar-refractivity contribution is 6.01. The first-order valence-electron chi connectivity index (χ1n) is 7.55. The van der Waals surface area contributed by atoms with Crippen LogP contribution in [0.2, 0.25) is 0 Å². The van der Waals surface area contributed by atoms with Crippen molar-refractivity contribution in [3.8, 4) is 0 Å². The maximum Gasteiger partial charge on any atom is 0.226 e. The molecule has 1 aromatic carbocycles. The molecule has 116 valence electrons. The van der Waals surface area contributed by atoms with Crippen LogP contribution in [0, 0.1) is 11.7 Å². The molecule has 2 aliphatic rings. The summed E-state index contributed by atoms with van der Waals surface area (Å²) in [5.41, 5.74) is 1.45. The third-order valence-electron chi connectivity index (χ3n) is 3.90. The van der Waals surface area contributed by atoms with Crippen molar-refractivity contribution in [1.82, 2.24) is 4.90 Å². The zero-order valence-corrected chi connectivity index (χ0v) is 12.4. The van der Waals surface area contributed by atoms with Crippen molar-refractivity contribution in [1.29, 1.82) is 0 Å². The minimum Gasteiger partial charge on any atom is -0.390 e. The molecule has 0 spiro atoms. The monoisotopic (exact) mass is 302 g/mol. The first-order chi connectivity index (χ1) is 10.7. The number of nitrogens with zero attached hydrogens (tertiary/aromatic N) is 2. The molecule has 1 aromatic rings. The number of amides is 1. The van der Waals surface area contributed by atoms with Crippen LogP contribution in [0.3, 0.4) is 0 Å². The normalized spacial score (nSPS) is 20.2. The first-order valence-corrected chi connectivity index (χ1v) is 7.55. The average Bonchev–Trinajstić information content (AvgIpc) is 3.25. The average molecular weight is 302 g/mol. The van der Waals surface area contributed by atoms with Gasteiger partial charge in [-0.2, -0.15) is 0 Å². The van der Waals surface area contributed by atoms with Crippen molar-refractivity contribution in [2.75, 3.05) is 13.1 Å². The molecule has 1 saturated carbocycles. The molecule has 0 N–H and O–H groups in total. The van der Waals surface area contributed by atoms with Crippen molar-refractivity contribution < 1.29 is 14.0 Å². The Bertz CT molecular complexity index is 610. The third-order valence-corrected chi connectivity index (χ3v) is 3.90. The van der Waals surface area contributed by atoms with E-state index in [1.54, 1.807) is 17.0 Å². The van der Waals surface area contributed by atoms with E-state index in [1.807, 2.05) is 6.07 Å². The highest BCUT2D eigenvalue weighted by atomic mass is 19.1. The van der Waals surface area contributed by atoms with Crippen molar-refractivity contribution in [2.24, 2.45) is 11.1 Å². The number of carbonyl (C=O) groups is 1. The van der Waals surface area contributed by atoms with E-state index < -0.39 is 0 Å². The molecular weight excluding hydrogens is 283 g/mol. The molecule has 22 heavy (non-hydrogen) atoms. The Morgan fingerprint density at radius 1 is 1.50 bits per heavy atom. The van der Waals surface area contributed by atoms with E-state index in [1.165, 1.54) is 12.1 Å². The Morgan fingerprint density at radius 3 is 3.00 bits per heavy atom. The summed E-state index contributed by atoms with van der Waals surface area (Å²) in [7, 11) is 0. The molecule has 1 heterocycles. The molecule has 0 aromatic heterocycles. The van der Waals surface area contributed by atoms with Gasteiger partial charge in [0.15, 0.2) is 6.10 Å². The highest BCUT2D eigenvalue weighted by Gasteiger charge is 2.35. The lowest BCUT2D eigenvalue weighted by molar-refractivity contribution is -0.133. The predicted octanol–water partition coefficient (Wildman–Crippen LogP) is 2.74. The maximum absolute atomic E-state index is 13.3. The molecule has 1 aliphatic carbocycles. The predicted molar refractivity (Wildman–Crippen MR) is 81.9 cm³/mol. The standard InChI is InChI=1S/C17H19FN2O2/c1-2-8-20(17(21)12-6-7-12)11-15-10-16(19-22-15)13-4-3-5-14(18)9-13/h2-5,9,12,15H,1,6-8,10-11H2/t15-/m0/s1. The molecular formula is C17H19FN2O2. The van der Waals surface area contributed by atoms with Gasteiger partial charge < -0.3 is 9.74 Å². The number of oxime groups is 1. The Balaban J connectivity index is 1.60. The number of hydrogen-bond acceptors (Lipinski definition) is 3. The fourth-order valence-corrected chi connectivity index (χ4v) is 2.61. The summed E-state index contributed by atoms with van der Waals surface area (Å²) in [5, 5.41) is 4.05. The van der Waals surface area contributed by atoms with Crippen LogP contribution in [0.5, 0.6) is 0 Å². The second-order valence-electron chi connectivity index (χ2n) is 5.79. The van der Waals surface area contributed by atoms with E-state index in [9.17, 15) is 9.18 Å². The molecule has 4 nitrogen and oxygen atoms in total. The number of hydrogen-bond donors (Lipinski definition) is 0. The van der Waals surface area contributed by atoms with Gasteiger partial charge in [0.05, 0.1) is 12.3 Å². The largest absolute Gasteiger partial charge is 0.390 e. The van der Waals surface area contributed by atoms with E-state index in [0.29, 0.717) is 19.5 Å². The van der Waals surface area contributed by atoms with E-state index in [-0.39, 0.29) is 23.7 Å². The molecule has 5 heteroatoms. The lowest BCUT2D eigenvalue weighted by Gasteiger charge is -2.23. The number of rotatable bonds is 6. The molecule has 0 unspecified atom stereocenters. The van der Waals surface area contributed by atoms with Gasteiger partial charge in [-0.3, -0.25) is 4.79 Å². The third kappa shape index (κ3) is 3.35. The molecule has 0 saturated heterocycles. The van der Waals surface area contributed by atoms with Crippen LogP contribution in [-0.2, 0) is 9.63 Å². The molecule has 1 amide bonds. The smallest absolute Gasteiger partial charge is 0.226 e. The van der Waals surface area contributed by atoms with E-state index in [4.69, 9.17) is 4.84 Å². The lowest BCUT2D eigenvalue weighted by Crippen LogP contribution is -2.38. The Morgan fingerprint density at radius 2 is 2.32 bits per heavy atom. The SMILES string of the molecule is C=CCN(C[C@@H]1CC(c2cccc(F)c2)=NO1)C(=O)C1CC1. The molecule has 1 fully saturated rings. The van der Waals surface area contributed by atoms with Gasteiger partial charge in [-0.15, -0.1) is 6.58 Å². The molecule has 1 aliphatic heterocycles. The van der Waals surface area contributed by atoms with Gasteiger partial charge in [-0.1, -0.05) is 23.4 Å². The fraction of sp³-hybridized carbons (Fsp3) is 0.412. The van der Waals surface area contributed by atoms with Gasteiger partial charge in [0.2, 0.25) is 5.91 Å². The Labute approximate surface area is 129 Å². The van der Waals surface area contributed by atoms with Gasteiger partial charge in [0.1, 0.15) is 5.82 Å². The zero-order chi connectivity index (χ0) is 15.5. The van der Waals surface area contributed by atoms with Crippen molar-refractivity contribution in [2.45, 2.75) is 25.4 Å². The van der Waals surface area contributed by atoms with Crippen LogP contribution in [0.1, 0.15) is 24.8 Å². The quantitative estimate of drug-likeness (QED) is 0.758. The van der Waals surface area contributed by atoms with Gasteiger partial charge in [0, 0.05) is 24.4 Å². The Hall–Kier alpha value is -2.17. The number of carbonyl (C=O) groups excluding carboxylic acids is 1. The second-order valence-corrected chi connectivity index (χ2v) is 5.79. The lowest BCUT2D eigenvalue weighted by atomic mass is 10.0. The fourth-order valence-electron chi connectivity index (χ4n) is 2.61. The van der Waals surface area contributed by atoms with Crippen LogP contribution in [0.15, 0.2) is 42.1 Å². The molecule has 1 atom stereocenters. The van der Waals surface area contributed by atoms with Crippen molar-refractivity contribution in [3.63, 3.8) is 0 Å². The second kappa shape index (κ2) is 6.30. The van der Waals surface area contributed by atoms with E-state index >= 15 is 0 Å². The van der Waals surface area contributed by atoms with E-state index in [0.717, 1.165) is 24.1 Å². The van der Waals surface area contributed by atoms with Crippen LogP contribution in [0.4, 0.5) is 4.39 Å². The summed E-state index contributed by atoms with van der Waals surface area (Å²) in [4.78, 5) is 19.4. The maximum atomic E-state index is 13.3. The Kier molecular flexibility index (Phi) is 4.22.